The fraction of sp³-hybridized carbons (Fsp3) is 0.538. The van der Waals surface area contributed by atoms with Crippen molar-refractivity contribution in [2.75, 3.05) is 11.5 Å². The average Bonchev–Trinajstić information content (AvgIpc) is 2.61. The van der Waals surface area contributed by atoms with Gasteiger partial charge in [0.15, 0.2) is 9.84 Å². The highest BCUT2D eigenvalue weighted by Gasteiger charge is 2.39. The van der Waals surface area contributed by atoms with E-state index < -0.39 is 32.9 Å². The highest BCUT2D eigenvalue weighted by Crippen LogP contribution is 2.33. The van der Waals surface area contributed by atoms with Gasteiger partial charge in [-0.25, -0.2) is 12.8 Å². The molecule has 8 heteroatoms. The van der Waals surface area contributed by atoms with Crippen LogP contribution in [0, 0.1) is 5.82 Å². The highest BCUT2D eigenvalue weighted by atomic mass is 32.2. The molecule has 0 spiro atoms. The van der Waals surface area contributed by atoms with Gasteiger partial charge < -0.3 is 5.32 Å². The van der Waals surface area contributed by atoms with Crippen LogP contribution in [0.1, 0.15) is 24.5 Å². The molecule has 1 fully saturated rings. The Bertz CT molecular complexity index is 642. The number of hydrogen-bond acceptors (Lipinski definition) is 3. The third-order valence-corrected chi connectivity index (χ3v) is 5.49. The molecule has 0 aliphatic carbocycles. The lowest BCUT2D eigenvalue weighted by atomic mass is 10.00. The first-order chi connectivity index (χ1) is 9.51. The molecule has 118 valence electrons. The largest absolute Gasteiger partial charge is 0.416 e. The summed E-state index contributed by atoms with van der Waals surface area (Å²) in [5, 5.41) is 2.86. The summed E-state index contributed by atoms with van der Waals surface area (Å²) in [6, 6.07) is 2.47. The average molecular weight is 325 g/mol. The van der Waals surface area contributed by atoms with Crippen molar-refractivity contribution in [3.63, 3.8) is 0 Å². The van der Waals surface area contributed by atoms with Crippen molar-refractivity contribution >= 4 is 9.84 Å². The summed E-state index contributed by atoms with van der Waals surface area (Å²) in [6.07, 6.45) is -4.31. The zero-order chi connectivity index (χ0) is 15.9. The van der Waals surface area contributed by atoms with E-state index in [0.717, 1.165) is 12.1 Å². The summed E-state index contributed by atoms with van der Waals surface area (Å²) in [5.74, 6) is -1.05. The molecule has 1 aromatic rings. The topological polar surface area (TPSA) is 46.2 Å². The van der Waals surface area contributed by atoms with Crippen molar-refractivity contribution < 1.29 is 26.0 Å². The summed E-state index contributed by atoms with van der Waals surface area (Å²) in [5.41, 5.74) is -1.90. The smallest absolute Gasteiger partial charge is 0.306 e. The molecule has 0 aromatic heterocycles. The van der Waals surface area contributed by atoms with Crippen LogP contribution in [-0.2, 0) is 22.6 Å². The number of benzene rings is 1. The number of sulfone groups is 1. The monoisotopic (exact) mass is 325 g/mol. The van der Waals surface area contributed by atoms with Gasteiger partial charge in [0.25, 0.3) is 0 Å². The van der Waals surface area contributed by atoms with Crippen LogP contribution < -0.4 is 5.32 Å². The van der Waals surface area contributed by atoms with Crippen LogP contribution in [0.3, 0.4) is 0 Å². The van der Waals surface area contributed by atoms with Gasteiger partial charge in [0, 0.05) is 12.1 Å². The first kappa shape index (κ1) is 16.2. The number of rotatable bonds is 3. The van der Waals surface area contributed by atoms with Crippen LogP contribution in [-0.4, -0.2) is 25.5 Å². The molecule has 1 heterocycles. The van der Waals surface area contributed by atoms with E-state index in [1.807, 2.05) is 0 Å². The predicted molar refractivity (Wildman–Crippen MR) is 69.9 cm³/mol. The van der Waals surface area contributed by atoms with Gasteiger partial charge in [-0.3, -0.25) is 0 Å². The first-order valence-electron chi connectivity index (χ1n) is 6.32. The van der Waals surface area contributed by atoms with Gasteiger partial charge in [-0.2, -0.15) is 13.2 Å². The molecule has 1 saturated heterocycles. The minimum atomic E-state index is -4.65. The van der Waals surface area contributed by atoms with Crippen molar-refractivity contribution in [1.29, 1.82) is 0 Å². The number of nitrogens with one attached hydrogen (secondary N) is 1. The van der Waals surface area contributed by atoms with Crippen LogP contribution in [0.5, 0.6) is 0 Å². The number of hydrogen-bond donors (Lipinski definition) is 1. The Hall–Kier alpha value is -1.15. The lowest BCUT2D eigenvalue weighted by molar-refractivity contribution is -0.138. The van der Waals surface area contributed by atoms with E-state index in [2.05, 4.69) is 5.32 Å². The van der Waals surface area contributed by atoms with Crippen molar-refractivity contribution in [3.8, 4) is 0 Å². The maximum absolute atomic E-state index is 13.0. The van der Waals surface area contributed by atoms with E-state index in [0.29, 0.717) is 12.5 Å². The SMILES string of the molecule is CC1(NCc2ccc(F)cc2C(F)(F)F)CCS(=O)(=O)C1. The highest BCUT2D eigenvalue weighted by molar-refractivity contribution is 7.91. The van der Waals surface area contributed by atoms with Gasteiger partial charge in [0.2, 0.25) is 0 Å². The van der Waals surface area contributed by atoms with Gasteiger partial charge in [0.05, 0.1) is 17.1 Å². The molecule has 1 N–H and O–H groups in total. The zero-order valence-corrected chi connectivity index (χ0v) is 12.1. The minimum Gasteiger partial charge on any atom is -0.306 e. The Morgan fingerprint density at radius 1 is 1.33 bits per heavy atom. The predicted octanol–water partition coefficient (Wildman–Crippen LogP) is 2.51. The molecular weight excluding hydrogens is 310 g/mol. The summed E-state index contributed by atoms with van der Waals surface area (Å²) in [7, 11) is -3.15. The molecule has 1 aliphatic rings. The number of halogens is 4. The van der Waals surface area contributed by atoms with E-state index >= 15 is 0 Å². The Kier molecular flexibility index (Phi) is 4.05. The lowest BCUT2D eigenvalue weighted by Crippen LogP contribution is -2.43. The molecule has 0 saturated carbocycles. The van der Waals surface area contributed by atoms with Crippen LogP contribution >= 0.6 is 0 Å². The summed E-state index contributed by atoms with van der Waals surface area (Å²) >= 11 is 0. The van der Waals surface area contributed by atoms with E-state index in [4.69, 9.17) is 0 Å². The van der Waals surface area contributed by atoms with Crippen LogP contribution in [0.25, 0.3) is 0 Å². The maximum Gasteiger partial charge on any atom is 0.416 e. The van der Waals surface area contributed by atoms with Gasteiger partial charge >= 0.3 is 6.18 Å². The van der Waals surface area contributed by atoms with Crippen LogP contribution in [0.2, 0.25) is 0 Å². The van der Waals surface area contributed by atoms with Gasteiger partial charge in [-0.15, -0.1) is 0 Å². The molecule has 3 nitrogen and oxygen atoms in total. The zero-order valence-electron chi connectivity index (χ0n) is 11.3. The molecule has 2 rings (SSSR count). The fourth-order valence-electron chi connectivity index (χ4n) is 2.43. The third kappa shape index (κ3) is 3.94. The van der Waals surface area contributed by atoms with Gasteiger partial charge in [-0.1, -0.05) is 6.07 Å². The summed E-state index contributed by atoms with van der Waals surface area (Å²) < 4.78 is 74.5. The molecule has 0 amide bonds. The molecule has 1 unspecified atom stereocenters. The van der Waals surface area contributed by atoms with Gasteiger partial charge in [0.1, 0.15) is 5.82 Å². The molecule has 0 bridgehead atoms. The minimum absolute atomic E-state index is 0.0199. The van der Waals surface area contributed by atoms with Crippen molar-refractivity contribution in [1.82, 2.24) is 5.32 Å². The van der Waals surface area contributed by atoms with E-state index in [1.165, 1.54) is 0 Å². The van der Waals surface area contributed by atoms with Crippen LogP contribution in [0.4, 0.5) is 17.6 Å². The second-order valence-corrected chi connectivity index (χ2v) is 7.74. The molecule has 21 heavy (non-hydrogen) atoms. The normalized spacial score (nSPS) is 25.2. The first-order valence-corrected chi connectivity index (χ1v) is 8.14. The molecule has 1 aromatic carbocycles. The standard InChI is InChI=1S/C13H15F4NO2S/c1-12(4-5-21(19,20)8-12)18-7-9-2-3-10(14)6-11(9)13(15,16)17/h2-3,6,18H,4-5,7-8H2,1H3. The lowest BCUT2D eigenvalue weighted by Gasteiger charge is -2.25. The quantitative estimate of drug-likeness (QED) is 0.869. The van der Waals surface area contributed by atoms with E-state index in [1.54, 1.807) is 6.92 Å². The molecule has 1 aliphatic heterocycles. The third-order valence-electron chi connectivity index (χ3n) is 3.59. The summed E-state index contributed by atoms with van der Waals surface area (Å²) in [4.78, 5) is 0. The van der Waals surface area contributed by atoms with Crippen LogP contribution in [0.15, 0.2) is 18.2 Å². The van der Waals surface area contributed by atoms with Gasteiger partial charge in [-0.05, 0) is 31.0 Å². The van der Waals surface area contributed by atoms with E-state index in [9.17, 15) is 26.0 Å². The molecule has 0 radical (unpaired) electrons. The number of alkyl halides is 3. The second kappa shape index (κ2) is 5.24. The summed E-state index contributed by atoms with van der Waals surface area (Å²) in [6.45, 7) is 1.50. The van der Waals surface area contributed by atoms with Crippen molar-refractivity contribution in [2.45, 2.75) is 31.6 Å². The molecule has 1 atom stereocenters. The Morgan fingerprint density at radius 2 is 2.00 bits per heavy atom. The Labute approximate surface area is 120 Å². The second-order valence-electron chi connectivity index (χ2n) is 5.56. The fourth-order valence-corrected chi connectivity index (χ4v) is 4.55. The Morgan fingerprint density at radius 3 is 2.52 bits per heavy atom. The maximum atomic E-state index is 13.0. The van der Waals surface area contributed by atoms with E-state index in [-0.39, 0.29) is 23.6 Å². The molecular formula is C13H15F4NO2S. The van der Waals surface area contributed by atoms with Crippen molar-refractivity contribution in [2.24, 2.45) is 0 Å². The Balaban J connectivity index is 2.18. The van der Waals surface area contributed by atoms with Crippen molar-refractivity contribution in [3.05, 3.63) is 35.1 Å².